The number of nitrogens with zero attached hydrogens (tertiary/aromatic N) is 2. The van der Waals surface area contributed by atoms with Gasteiger partial charge in [0.15, 0.2) is 0 Å². The molecule has 2 N–H and O–H groups in total. The molecule has 0 aromatic carbocycles. The number of carbonyl (C=O) groups is 1. The molecule has 1 saturated heterocycles. The predicted molar refractivity (Wildman–Crippen MR) is 58.9 cm³/mol. The molecule has 1 unspecified atom stereocenters. The van der Waals surface area contributed by atoms with Gasteiger partial charge in [0.2, 0.25) is 0 Å². The van der Waals surface area contributed by atoms with Gasteiger partial charge >= 0.3 is 5.97 Å². The van der Waals surface area contributed by atoms with Gasteiger partial charge in [-0.25, -0.2) is 0 Å². The van der Waals surface area contributed by atoms with Gasteiger partial charge in [-0.1, -0.05) is 0 Å². The van der Waals surface area contributed by atoms with Crippen LogP contribution in [0, 0.1) is 0 Å². The first-order chi connectivity index (χ1) is 7.77. The summed E-state index contributed by atoms with van der Waals surface area (Å²) in [5, 5.41) is 12.2. The molecule has 0 spiro atoms. The monoisotopic (exact) mass is 221 g/mol. The van der Waals surface area contributed by atoms with E-state index in [-0.39, 0.29) is 0 Å². The van der Waals surface area contributed by atoms with E-state index >= 15 is 0 Å². The summed E-state index contributed by atoms with van der Waals surface area (Å²) in [5.74, 6) is -0.763. The molecule has 1 aliphatic rings. The number of nitrogens with one attached hydrogen (secondary N) is 1. The molecule has 2 heterocycles. The molecule has 1 atom stereocenters. The lowest BCUT2D eigenvalue weighted by Gasteiger charge is -2.33. The third-order valence-corrected chi connectivity index (χ3v) is 2.77. The molecule has 0 amide bonds. The summed E-state index contributed by atoms with van der Waals surface area (Å²) >= 11 is 0. The second kappa shape index (κ2) is 5.05. The van der Waals surface area contributed by atoms with Crippen molar-refractivity contribution in [3.05, 3.63) is 30.1 Å². The smallest absolute Gasteiger partial charge is 0.322 e. The van der Waals surface area contributed by atoms with Crippen molar-refractivity contribution in [3.8, 4) is 0 Å². The topological polar surface area (TPSA) is 65.5 Å². The summed E-state index contributed by atoms with van der Waals surface area (Å²) in [4.78, 5) is 17.0. The van der Waals surface area contributed by atoms with Gasteiger partial charge in [0, 0.05) is 38.6 Å². The molecular weight excluding hydrogens is 206 g/mol. The Labute approximate surface area is 94.1 Å². The number of hydrogen-bond acceptors (Lipinski definition) is 4. The number of carboxylic acid groups (broad SMARTS) is 1. The van der Waals surface area contributed by atoms with E-state index in [0.717, 1.165) is 18.7 Å². The fourth-order valence-corrected chi connectivity index (χ4v) is 1.90. The fourth-order valence-electron chi connectivity index (χ4n) is 1.90. The van der Waals surface area contributed by atoms with E-state index in [0.29, 0.717) is 13.1 Å². The lowest BCUT2D eigenvalue weighted by molar-refractivity contribution is -0.144. The van der Waals surface area contributed by atoms with Crippen molar-refractivity contribution in [1.82, 2.24) is 15.2 Å². The van der Waals surface area contributed by atoms with Crippen LogP contribution in [0.2, 0.25) is 0 Å². The fraction of sp³-hybridized carbons (Fsp3) is 0.455. The highest BCUT2D eigenvalue weighted by molar-refractivity contribution is 5.74. The molecule has 1 aromatic heterocycles. The molecule has 2 rings (SSSR count). The third-order valence-electron chi connectivity index (χ3n) is 2.77. The van der Waals surface area contributed by atoms with Crippen LogP contribution in [0.5, 0.6) is 0 Å². The molecule has 0 aliphatic carbocycles. The van der Waals surface area contributed by atoms with Crippen LogP contribution in [0.3, 0.4) is 0 Å². The molecule has 5 nitrogen and oxygen atoms in total. The third kappa shape index (κ3) is 2.56. The number of aliphatic carboxylic acids is 1. The van der Waals surface area contributed by atoms with E-state index in [9.17, 15) is 4.79 Å². The Kier molecular flexibility index (Phi) is 3.48. The highest BCUT2D eigenvalue weighted by Crippen LogP contribution is 2.09. The van der Waals surface area contributed by atoms with Gasteiger partial charge in [-0.2, -0.15) is 0 Å². The average molecular weight is 221 g/mol. The van der Waals surface area contributed by atoms with Crippen LogP contribution < -0.4 is 5.32 Å². The molecule has 0 radical (unpaired) electrons. The summed E-state index contributed by atoms with van der Waals surface area (Å²) in [6, 6.07) is 3.41. The highest BCUT2D eigenvalue weighted by atomic mass is 16.4. The first-order valence-corrected chi connectivity index (χ1v) is 5.34. The minimum absolute atomic E-state index is 0.429. The molecule has 0 bridgehead atoms. The Morgan fingerprint density at radius 3 is 3.00 bits per heavy atom. The summed E-state index contributed by atoms with van der Waals surface area (Å²) in [7, 11) is 0. The summed E-state index contributed by atoms with van der Waals surface area (Å²) in [6.07, 6.45) is 3.46. The lowest BCUT2D eigenvalue weighted by atomic mass is 10.1. The molecule has 5 heteroatoms. The minimum atomic E-state index is -0.763. The number of aromatic nitrogens is 1. The maximum atomic E-state index is 11.1. The summed E-state index contributed by atoms with van der Waals surface area (Å²) < 4.78 is 0. The number of piperazine rings is 1. The zero-order chi connectivity index (χ0) is 11.4. The van der Waals surface area contributed by atoms with Gasteiger partial charge < -0.3 is 10.4 Å². The zero-order valence-electron chi connectivity index (χ0n) is 8.97. The number of carboxylic acids is 1. The lowest BCUT2D eigenvalue weighted by Crippen LogP contribution is -2.54. The first kappa shape index (κ1) is 11.0. The van der Waals surface area contributed by atoms with Crippen LogP contribution >= 0.6 is 0 Å². The van der Waals surface area contributed by atoms with Gasteiger partial charge in [-0.05, 0) is 17.7 Å². The van der Waals surface area contributed by atoms with Gasteiger partial charge in [0.05, 0.1) is 0 Å². The van der Waals surface area contributed by atoms with Gasteiger partial charge in [-0.3, -0.25) is 14.7 Å². The largest absolute Gasteiger partial charge is 0.480 e. The Bertz CT molecular complexity index is 356. The van der Waals surface area contributed by atoms with Crippen molar-refractivity contribution in [2.75, 3.05) is 19.6 Å². The molecule has 86 valence electrons. The van der Waals surface area contributed by atoms with Gasteiger partial charge in [-0.15, -0.1) is 0 Å². The SMILES string of the molecule is O=C(O)C1CNCCN1Cc1ccncc1. The molecule has 16 heavy (non-hydrogen) atoms. The van der Waals surface area contributed by atoms with Crippen LogP contribution in [0.4, 0.5) is 0 Å². The van der Waals surface area contributed by atoms with Crippen LogP contribution in [0.1, 0.15) is 5.56 Å². The van der Waals surface area contributed by atoms with Crippen LogP contribution in [0.25, 0.3) is 0 Å². The number of hydrogen-bond donors (Lipinski definition) is 2. The Morgan fingerprint density at radius 1 is 1.56 bits per heavy atom. The van der Waals surface area contributed by atoms with E-state index in [2.05, 4.69) is 10.3 Å². The average Bonchev–Trinajstić information content (AvgIpc) is 2.31. The Hall–Kier alpha value is -1.46. The van der Waals surface area contributed by atoms with E-state index in [1.54, 1.807) is 12.4 Å². The van der Waals surface area contributed by atoms with Gasteiger partial charge in [0.1, 0.15) is 6.04 Å². The summed E-state index contributed by atoms with van der Waals surface area (Å²) in [6.45, 7) is 2.79. The standard InChI is InChI=1S/C11H15N3O2/c15-11(16)10-7-13-5-6-14(10)8-9-1-3-12-4-2-9/h1-4,10,13H,5-8H2,(H,15,16). The Morgan fingerprint density at radius 2 is 2.31 bits per heavy atom. The summed E-state index contributed by atoms with van der Waals surface area (Å²) in [5.41, 5.74) is 1.10. The van der Waals surface area contributed by atoms with Crippen LogP contribution in [-0.2, 0) is 11.3 Å². The number of rotatable bonds is 3. The highest BCUT2D eigenvalue weighted by Gasteiger charge is 2.27. The van der Waals surface area contributed by atoms with Crippen LogP contribution in [0.15, 0.2) is 24.5 Å². The molecular formula is C11H15N3O2. The van der Waals surface area contributed by atoms with Crippen molar-refractivity contribution in [1.29, 1.82) is 0 Å². The van der Waals surface area contributed by atoms with Crippen molar-refractivity contribution in [3.63, 3.8) is 0 Å². The van der Waals surface area contributed by atoms with E-state index < -0.39 is 12.0 Å². The second-order valence-corrected chi connectivity index (χ2v) is 3.88. The minimum Gasteiger partial charge on any atom is -0.480 e. The first-order valence-electron chi connectivity index (χ1n) is 5.34. The molecule has 1 fully saturated rings. The molecule has 0 saturated carbocycles. The van der Waals surface area contributed by atoms with E-state index in [1.165, 1.54) is 0 Å². The second-order valence-electron chi connectivity index (χ2n) is 3.88. The van der Waals surface area contributed by atoms with Crippen molar-refractivity contribution in [2.24, 2.45) is 0 Å². The predicted octanol–water partition coefficient (Wildman–Crippen LogP) is -0.0600. The number of pyridine rings is 1. The molecule has 1 aliphatic heterocycles. The maximum absolute atomic E-state index is 11.1. The molecule has 1 aromatic rings. The van der Waals surface area contributed by atoms with Crippen molar-refractivity contribution in [2.45, 2.75) is 12.6 Å². The van der Waals surface area contributed by atoms with Crippen molar-refractivity contribution >= 4 is 5.97 Å². The maximum Gasteiger partial charge on any atom is 0.322 e. The quantitative estimate of drug-likeness (QED) is 0.748. The van der Waals surface area contributed by atoms with Crippen LogP contribution in [-0.4, -0.2) is 46.6 Å². The van der Waals surface area contributed by atoms with Crippen molar-refractivity contribution < 1.29 is 9.90 Å². The normalized spacial score (nSPS) is 21.9. The van der Waals surface area contributed by atoms with E-state index in [4.69, 9.17) is 5.11 Å². The zero-order valence-corrected chi connectivity index (χ0v) is 8.97. The Balaban J connectivity index is 2.04. The van der Waals surface area contributed by atoms with E-state index in [1.807, 2.05) is 17.0 Å². The van der Waals surface area contributed by atoms with Gasteiger partial charge in [0.25, 0.3) is 0 Å².